The van der Waals surface area contributed by atoms with E-state index in [0.29, 0.717) is 28.6 Å². The molecule has 29 heavy (non-hydrogen) atoms. The van der Waals surface area contributed by atoms with Crippen LogP contribution in [0.3, 0.4) is 0 Å². The molecule has 3 fully saturated rings. The number of rotatable bonds is 4. The molecule has 0 saturated heterocycles. The lowest BCUT2D eigenvalue weighted by Crippen LogP contribution is -2.49. The molecule has 0 bridgehead atoms. The SMILES string of the molecule is CC(C)[C@@H](C)/C=C/[C@@H](C)C1CCC2C3=CCC4C[C@@H](O)CC[C@]4(C)C3CC[C@@]21C. The van der Waals surface area contributed by atoms with Crippen molar-refractivity contribution in [2.45, 2.75) is 99.0 Å². The average molecular weight is 399 g/mol. The summed E-state index contributed by atoms with van der Waals surface area (Å²) in [5.74, 6) is 5.25. The zero-order chi connectivity index (χ0) is 21.0. The molecular formula is C28H46O. The third-order valence-electron chi connectivity index (χ3n) is 10.5. The smallest absolute Gasteiger partial charge is 0.0543 e. The lowest BCUT2D eigenvalue weighted by Gasteiger charge is -2.57. The van der Waals surface area contributed by atoms with Gasteiger partial charge in [-0.25, -0.2) is 0 Å². The quantitative estimate of drug-likeness (QED) is 0.489. The van der Waals surface area contributed by atoms with Crippen LogP contribution < -0.4 is 0 Å². The van der Waals surface area contributed by atoms with Gasteiger partial charge in [-0.3, -0.25) is 0 Å². The molecule has 4 rings (SSSR count). The van der Waals surface area contributed by atoms with Crippen molar-refractivity contribution in [2.24, 2.45) is 52.3 Å². The molecular weight excluding hydrogens is 352 g/mol. The Labute approximate surface area is 180 Å². The molecule has 1 nitrogen and oxygen atoms in total. The van der Waals surface area contributed by atoms with E-state index in [1.807, 2.05) is 5.57 Å². The number of aliphatic hydroxyl groups is 1. The van der Waals surface area contributed by atoms with Crippen molar-refractivity contribution >= 4 is 0 Å². The lowest BCUT2D eigenvalue weighted by atomic mass is 9.47. The largest absolute Gasteiger partial charge is 0.393 e. The molecule has 0 heterocycles. The van der Waals surface area contributed by atoms with Crippen LogP contribution in [0.25, 0.3) is 0 Å². The molecule has 4 unspecified atom stereocenters. The van der Waals surface area contributed by atoms with Crippen LogP contribution in [0.5, 0.6) is 0 Å². The van der Waals surface area contributed by atoms with Gasteiger partial charge in [-0.2, -0.15) is 0 Å². The van der Waals surface area contributed by atoms with Crippen molar-refractivity contribution in [3.8, 4) is 0 Å². The third-order valence-corrected chi connectivity index (χ3v) is 10.5. The van der Waals surface area contributed by atoms with Gasteiger partial charge >= 0.3 is 0 Å². The first-order valence-electron chi connectivity index (χ1n) is 12.7. The molecule has 164 valence electrons. The van der Waals surface area contributed by atoms with E-state index in [0.717, 1.165) is 36.5 Å². The summed E-state index contributed by atoms with van der Waals surface area (Å²) in [6.07, 6.45) is 17.8. The Morgan fingerprint density at radius 3 is 2.34 bits per heavy atom. The number of hydrogen-bond acceptors (Lipinski definition) is 1. The molecule has 3 saturated carbocycles. The highest BCUT2D eigenvalue weighted by atomic mass is 16.3. The number of fused-ring (bicyclic) bond motifs is 5. The fraction of sp³-hybridized carbons (Fsp3) is 0.857. The van der Waals surface area contributed by atoms with Gasteiger partial charge in [0.05, 0.1) is 6.10 Å². The molecule has 0 spiro atoms. The van der Waals surface area contributed by atoms with Crippen molar-refractivity contribution in [2.75, 3.05) is 0 Å². The van der Waals surface area contributed by atoms with Gasteiger partial charge in [0.25, 0.3) is 0 Å². The maximum atomic E-state index is 10.2. The second-order valence-corrected chi connectivity index (χ2v) is 12.3. The summed E-state index contributed by atoms with van der Waals surface area (Å²) in [7, 11) is 0. The summed E-state index contributed by atoms with van der Waals surface area (Å²) in [5.41, 5.74) is 2.79. The summed E-state index contributed by atoms with van der Waals surface area (Å²) in [6, 6.07) is 0. The highest BCUT2D eigenvalue weighted by molar-refractivity contribution is 5.28. The molecule has 4 aliphatic rings. The van der Waals surface area contributed by atoms with Crippen molar-refractivity contribution in [1.82, 2.24) is 0 Å². The van der Waals surface area contributed by atoms with E-state index in [-0.39, 0.29) is 6.10 Å². The van der Waals surface area contributed by atoms with E-state index >= 15 is 0 Å². The van der Waals surface area contributed by atoms with Crippen molar-refractivity contribution in [3.05, 3.63) is 23.8 Å². The van der Waals surface area contributed by atoms with Crippen LogP contribution in [-0.2, 0) is 0 Å². The molecule has 0 aromatic heterocycles. The van der Waals surface area contributed by atoms with Gasteiger partial charge in [0.1, 0.15) is 0 Å². The van der Waals surface area contributed by atoms with Crippen molar-refractivity contribution < 1.29 is 5.11 Å². The second-order valence-electron chi connectivity index (χ2n) is 12.3. The Bertz CT molecular complexity index is 659. The van der Waals surface area contributed by atoms with Crippen LogP contribution in [0.1, 0.15) is 92.9 Å². The summed E-state index contributed by atoms with van der Waals surface area (Å²) in [5, 5.41) is 10.2. The Kier molecular flexibility index (Phi) is 5.86. The van der Waals surface area contributed by atoms with Crippen LogP contribution >= 0.6 is 0 Å². The van der Waals surface area contributed by atoms with Gasteiger partial charge in [-0.1, -0.05) is 65.3 Å². The number of allylic oxidation sites excluding steroid dienone is 4. The number of aliphatic hydroxyl groups excluding tert-OH is 1. The van der Waals surface area contributed by atoms with E-state index in [4.69, 9.17) is 0 Å². The van der Waals surface area contributed by atoms with Gasteiger partial charge < -0.3 is 5.11 Å². The molecule has 4 aliphatic carbocycles. The average Bonchev–Trinajstić information content (AvgIpc) is 3.03. The predicted octanol–water partition coefficient (Wildman–Crippen LogP) is 7.41. The Balaban J connectivity index is 1.54. The molecule has 0 amide bonds. The van der Waals surface area contributed by atoms with Crippen molar-refractivity contribution in [1.29, 1.82) is 0 Å². The minimum absolute atomic E-state index is 0.0476. The van der Waals surface area contributed by atoms with E-state index in [1.54, 1.807) is 0 Å². The fourth-order valence-electron chi connectivity index (χ4n) is 8.10. The summed E-state index contributed by atoms with van der Waals surface area (Å²) < 4.78 is 0. The van der Waals surface area contributed by atoms with E-state index in [2.05, 4.69) is 59.8 Å². The molecule has 0 aromatic carbocycles. The van der Waals surface area contributed by atoms with E-state index in [1.165, 1.54) is 38.5 Å². The maximum absolute atomic E-state index is 10.2. The molecule has 0 radical (unpaired) electrons. The monoisotopic (exact) mass is 398 g/mol. The molecule has 0 aromatic rings. The minimum atomic E-state index is -0.0476. The topological polar surface area (TPSA) is 20.2 Å². The number of hydrogen-bond donors (Lipinski definition) is 1. The van der Waals surface area contributed by atoms with Crippen LogP contribution in [-0.4, -0.2) is 11.2 Å². The van der Waals surface area contributed by atoms with Crippen LogP contribution in [0.2, 0.25) is 0 Å². The van der Waals surface area contributed by atoms with Crippen LogP contribution in [0.15, 0.2) is 23.8 Å². The van der Waals surface area contributed by atoms with Crippen LogP contribution in [0, 0.1) is 52.3 Å². The van der Waals surface area contributed by atoms with Gasteiger partial charge in [-0.15, -0.1) is 0 Å². The van der Waals surface area contributed by atoms with Crippen molar-refractivity contribution in [3.63, 3.8) is 0 Å². The van der Waals surface area contributed by atoms with Gasteiger partial charge in [0.2, 0.25) is 0 Å². The normalized spacial score (nSPS) is 46.8. The Hall–Kier alpha value is -0.560. The first-order valence-corrected chi connectivity index (χ1v) is 12.7. The summed E-state index contributed by atoms with van der Waals surface area (Å²) in [4.78, 5) is 0. The van der Waals surface area contributed by atoms with Gasteiger partial charge in [0.15, 0.2) is 0 Å². The molecule has 1 heteroatoms. The fourth-order valence-corrected chi connectivity index (χ4v) is 8.10. The lowest BCUT2D eigenvalue weighted by molar-refractivity contribution is -0.0414. The molecule has 0 aliphatic heterocycles. The highest BCUT2D eigenvalue weighted by Crippen LogP contribution is 2.66. The Morgan fingerprint density at radius 1 is 0.931 bits per heavy atom. The van der Waals surface area contributed by atoms with Crippen LogP contribution in [0.4, 0.5) is 0 Å². The minimum Gasteiger partial charge on any atom is -0.393 e. The van der Waals surface area contributed by atoms with Gasteiger partial charge in [-0.05, 0) is 104 Å². The first-order chi connectivity index (χ1) is 13.7. The zero-order valence-electron chi connectivity index (χ0n) is 20.0. The standard InChI is InChI=1S/C28H46O/c1-18(2)19(3)7-8-20(4)24-11-12-25-23-10-9-21-17-22(29)13-15-27(21,5)26(23)14-16-28(24,25)6/h7-8,10,18-22,24-26,29H,9,11-17H2,1-6H3/b8-7+/t19-,20+,21?,22-,24?,25?,26?,27-,28+/m0/s1. The highest BCUT2D eigenvalue weighted by Gasteiger charge is 2.57. The zero-order valence-corrected chi connectivity index (χ0v) is 20.0. The maximum Gasteiger partial charge on any atom is 0.0543 e. The van der Waals surface area contributed by atoms with E-state index in [9.17, 15) is 5.11 Å². The first kappa shape index (κ1) is 21.7. The van der Waals surface area contributed by atoms with E-state index < -0.39 is 0 Å². The summed E-state index contributed by atoms with van der Waals surface area (Å²) in [6.45, 7) is 14.7. The third kappa shape index (κ3) is 3.58. The molecule has 1 N–H and O–H groups in total. The second kappa shape index (κ2) is 7.85. The van der Waals surface area contributed by atoms with Gasteiger partial charge in [0, 0.05) is 0 Å². The predicted molar refractivity (Wildman–Crippen MR) is 124 cm³/mol. The molecule has 9 atom stereocenters. The Morgan fingerprint density at radius 2 is 1.62 bits per heavy atom. The summed E-state index contributed by atoms with van der Waals surface area (Å²) >= 11 is 0.